The summed E-state index contributed by atoms with van der Waals surface area (Å²) in [7, 11) is 0. The average molecular weight is 342 g/mol. The van der Waals surface area contributed by atoms with Crippen molar-refractivity contribution in [1.82, 2.24) is 0 Å². The average Bonchev–Trinajstić information content (AvgIpc) is 2.53. The van der Waals surface area contributed by atoms with Crippen LogP contribution in [0.15, 0.2) is 35.2 Å². The minimum absolute atomic E-state index is 0.0326. The second-order valence-corrected chi connectivity index (χ2v) is 6.73. The summed E-state index contributed by atoms with van der Waals surface area (Å²) in [5.41, 5.74) is 5.03. The zero-order chi connectivity index (χ0) is 17.9. The molecule has 0 N–H and O–H groups in total. The summed E-state index contributed by atoms with van der Waals surface area (Å²) in [4.78, 5) is 25.2. The summed E-state index contributed by atoms with van der Waals surface area (Å²) in [6, 6.07) is 9.31. The van der Waals surface area contributed by atoms with Crippen molar-refractivity contribution in [2.45, 2.75) is 39.2 Å². The summed E-state index contributed by atoms with van der Waals surface area (Å²) in [6.07, 6.45) is 1.99. The van der Waals surface area contributed by atoms with Crippen molar-refractivity contribution < 1.29 is 14.3 Å². The Morgan fingerprint density at radius 3 is 2.21 bits per heavy atom. The maximum atomic E-state index is 12.2. The molecule has 0 fully saturated rings. The molecule has 0 saturated heterocycles. The van der Waals surface area contributed by atoms with E-state index in [9.17, 15) is 9.59 Å². The first-order chi connectivity index (χ1) is 11.3. The highest BCUT2D eigenvalue weighted by molar-refractivity contribution is 7.98. The van der Waals surface area contributed by atoms with Crippen LogP contribution in [0.3, 0.4) is 0 Å². The Bertz CT molecular complexity index is 776. The Kier molecular flexibility index (Phi) is 5.84. The second kappa shape index (κ2) is 7.67. The number of esters is 1. The molecule has 0 radical (unpaired) electrons. The number of ether oxygens (including phenoxy) is 1. The van der Waals surface area contributed by atoms with Crippen LogP contribution < -0.4 is 0 Å². The van der Waals surface area contributed by atoms with Gasteiger partial charge in [-0.3, -0.25) is 4.79 Å². The first-order valence-corrected chi connectivity index (χ1v) is 8.99. The summed E-state index contributed by atoms with van der Waals surface area (Å²) in [6.45, 7) is 7.54. The molecule has 2 rings (SSSR count). The van der Waals surface area contributed by atoms with Crippen molar-refractivity contribution in [3.63, 3.8) is 0 Å². The van der Waals surface area contributed by atoms with E-state index in [1.165, 1.54) is 0 Å². The van der Waals surface area contributed by atoms with Crippen molar-refractivity contribution in [1.29, 1.82) is 0 Å². The van der Waals surface area contributed by atoms with Crippen LogP contribution in [0.4, 0.5) is 0 Å². The van der Waals surface area contributed by atoms with Gasteiger partial charge in [-0.05, 0) is 80.5 Å². The topological polar surface area (TPSA) is 43.4 Å². The van der Waals surface area contributed by atoms with Crippen LogP contribution in [0.2, 0.25) is 0 Å². The third-order valence-electron chi connectivity index (χ3n) is 4.16. The number of thioether (sulfide) groups is 1. The van der Waals surface area contributed by atoms with E-state index in [1.807, 2.05) is 45.2 Å². The number of hydrogen-bond acceptors (Lipinski definition) is 4. The second-order valence-electron chi connectivity index (χ2n) is 5.85. The molecule has 2 aromatic rings. The van der Waals surface area contributed by atoms with Gasteiger partial charge in [0, 0.05) is 10.5 Å². The molecule has 0 spiro atoms. The van der Waals surface area contributed by atoms with Crippen LogP contribution in [-0.2, 0) is 11.3 Å². The largest absolute Gasteiger partial charge is 0.457 e. The molecule has 0 bridgehead atoms. The fourth-order valence-corrected chi connectivity index (χ4v) is 3.35. The highest BCUT2D eigenvalue weighted by Crippen LogP contribution is 2.24. The van der Waals surface area contributed by atoms with E-state index >= 15 is 0 Å². The van der Waals surface area contributed by atoms with Crippen molar-refractivity contribution in [3.05, 3.63) is 63.7 Å². The zero-order valence-corrected chi connectivity index (χ0v) is 15.5. The molecule has 0 saturated carbocycles. The van der Waals surface area contributed by atoms with Gasteiger partial charge in [0.1, 0.15) is 6.61 Å². The molecular weight excluding hydrogens is 320 g/mol. The minimum Gasteiger partial charge on any atom is -0.457 e. The number of benzene rings is 2. The van der Waals surface area contributed by atoms with Crippen LogP contribution >= 0.6 is 11.8 Å². The number of hydrogen-bond donors (Lipinski definition) is 0. The molecule has 3 nitrogen and oxygen atoms in total. The molecule has 0 aliphatic rings. The van der Waals surface area contributed by atoms with Crippen LogP contribution in [0.25, 0.3) is 0 Å². The van der Waals surface area contributed by atoms with Gasteiger partial charge in [0.25, 0.3) is 0 Å². The third kappa shape index (κ3) is 3.88. The fraction of sp³-hybridized carbons (Fsp3) is 0.300. The van der Waals surface area contributed by atoms with Gasteiger partial charge in [-0.25, -0.2) is 4.79 Å². The van der Waals surface area contributed by atoms with E-state index in [2.05, 4.69) is 0 Å². The molecule has 0 atom stereocenters. The predicted octanol–water partition coefficient (Wildman–Crippen LogP) is 4.89. The van der Waals surface area contributed by atoms with Crippen LogP contribution in [0.1, 0.15) is 49.9 Å². The van der Waals surface area contributed by atoms with Crippen molar-refractivity contribution in [3.8, 4) is 0 Å². The first-order valence-electron chi connectivity index (χ1n) is 7.77. The SMILES string of the molecule is CSc1ccc(C(=O)OCc2c(C)cc(C)c(C(C)=O)c2C)cc1. The van der Waals surface area contributed by atoms with Gasteiger partial charge in [-0.2, -0.15) is 0 Å². The van der Waals surface area contributed by atoms with Gasteiger partial charge in [0.15, 0.2) is 5.78 Å². The third-order valence-corrected chi connectivity index (χ3v) is 4.90. The number of ketones is 1. The summed E-state index contributed by atoms with van der Waals surface area (Å²) in [5, 5.41) is 0. The molecular formula is C20H22O3S. The maximum absolute atomic E-state index is 12.2. The van der Waals surface area contributed by atoms with E-state index in [0.29, 0.717) is 5.56 Å². The number of Topliss-reactive ketones (excluding diaryl/α,β-unsaturated/α-hetero) is 1. The van der Waals surface area contributed by atoms with E-state index in [0.717, 1.165) is 32.7 Å². The lowest BCUT2D eigenvalue weighted by molar-refractivity contribution is 0.0471. The Labute approximate surface area is 147 Å². The molecule has 24 heavy (non-hydrogen) atoms. The molecule has 4 heteroatoms. The molecule has 126 valence electrons. The molecule has 2 aromatic carbocycles. The molecule has 0 amide bonds. The maximum Gasteiger partial charge on any atom is 0.338 e. The Morgan fingerprint density at radius 1 is 1.04 bits per heavy atom. The van der Waals surface area contributed by atoms with Crippen molar-refractivity contribution >= 4 is 23.5 Å². The molecule has 0 heterocycles. The van der Waals surface area contributed by atoms with Crippen molar-refractivity contribution in [2.75, 3.05) is 6.26 Å². The number of rotatable bonds is 5. The van der Waals surface area contributed by atoms with Gasteiger partial charge in [0.05, 0.1) is 5.56 Å². The summed E-state index contributed by atoms with van der Waals surface area (Å²) < 4.78 is 5.47. The Hall–Kier alpha value is -2.07. The highest BCUT2D eigenvalue weighted by Gasteiger charge is 2.16. The lowest BCUT2D eigenvalue weighted by Crippen LogP contribution is -2.10. The standard InChI is InChI=1S/C20H22O3S/c1-12-10-13(2)19(15(4)21)14(3)18(12)11-23-20(22)16-6-8-17(24-5)9-7-16/h6-10H,11H2,1-5H3. The zero-order valence-electron chi connectivity index (χ0n) is 14.7. The number of carbonyl (C=O) groups excluding carboxylic acids is 2. The van der Waals surface area contributed by atoms with E-state index < -0.39 is 0 Å². The summed E-state index contributed by atoms with van der Waals surface area (Å²) in [5.74, 6) is -0.323. The molecule has 0 unspecified atom stereocenters. The van der Waals surface area contributed by atoms with Crippen LogP contribution in [0.5, 0.6) is 0 Å². The van der Waals surface area contributed by atoms with Gasteiger partial charge in [0.2, 0.25) is 0 Å². The number of carbonyl (C=O) groups is 2. The smallest absolute Gasteiger partial charge is 0.338 e. The molecule has 0 aromatic heterocycles. The lowest BCUT2D eigenvalue weighted by Gasteiger charge is -2.16. The van der Waals surface area contributed by atoms with Crippen LogP contribution in [0, 0.1) is 20.8 Å². The van der Waals surface area contributed by atoms with E-state index in [-0.39, 0.29) is 18.4 Å². The fourth-order valence-electron chi connectivity index (χ4n) is 2.94. The number of aryl methyl sites for hydroxylation is 2. The van der Waals surface area contributed by atoms with Gasteiger partial charge in [-0.15, -0.1) is 11.8 Å². The lowest BCUT2D eigenvalue weighted by atomic mass is 9.92. The first kappa shape index (κ1) is 18.3. The van der Waals surface area contributed by atoms with Gasteiger partial charge >= 0.3 is 5.97 Å². The molecule has 0 aliphatic heterocycles. The predicted molar refractivity (Wildman–Crippen MR) is 98.0 cm³/mol. The van der Waals surface area contributed by atoms with Crippen molar-refractivity contribution in [2.24, 2.45) is 0 Å². The molecule has 0 aliphatic carbocycles. The van der Waals surface area contributed by atoms with E-state index in [1.54, 1.807) is 30.8 Å². The van der Waals surface area contributed by atoms with E-state index in [4.69, 9.17) is 4.74 Å². The Morgan fingerprint density at radius 2 is 1.67 bits per heavy atom. The highest BCUT2D eigenvalue weighted by atomic mass is 32.2. The summed E-state index contributed by atoms with van der Waals surface area (Å²) >= 11 is 1.62. The quantitative estimate of drug-likeness (QED) is 0.441. The van der Waals surface area contributed by atoms with Gasteiger partial charge < -0.3 is 4.74 Å². The monoisotopic (exact) mass is 342 g/mol. The minimum atomic E-state index is -0.355. The Balaban J connectivity index is 2.20. The van der Waals surface area contributed by atoms with Gasteiger partial charge in [-0.1, -0.05) is 6.07 Å². The normalized spacial score (nSPS) is 10.5. The van der Waals surface area contributed by atoms with Crippen LogP contribution in [-0.4, -0.2) is 18.0 Å².